The molecule has 2 aromatic rings. The number of primary amides is 1. The highest BCUT2D eigenvalue weighted by molar-refractivity contribution is 6.07. The molecule has 0 spiro atoms. The van der Waals surface area contributed by atoms with Crippen molar-refractivity contribution in [1.29, 1.82) is 0 Å². The van der Waals surface area contributed by atoms with Crippen LogP contribution in [0.15, 0.2) is 25.0 Å². The van der Waals surface area contributed by atoms with Crippen LogP contribution in [0.5, 0.6) is 0 Å². The molecule has 0 aliphatic carbocycles. The van der Waals surface area contributed by atoms with Gasteiger partial charge in [-0.05, 0) is 18.6 Å². The Bertz CT molecular complexity index is 596. The first-order valence-corrected chi connectivity index (χ1v) is 4.92. The van der Waals surface area contributed by atoms with Crippen LogP contribution >= 0.6 is 0 Å². The first-order valence-electron chi connectivity index (χ1n) is 4.92. The maximum Gasteiger partial charge on any atom is 0.250 e. The lowest BCUT2D eigenvalue weighted by Gasteiger charge is -2.03. The molecule has 0 saturated carbocycles. The Hall–Kier alpha value is -2.10. The van der Waals surface area contributed by atoms with E-state index < -0.39 is 5.91 Å². The first-order chi connectivity index (χ1) is 7.52. The molecule has 2 aromatic heterocycles. The topological polar surface area (TPSA) is 60.9 Å². The van der Waals surface area contributed by atoms with E-state index in [1.165, 1.54) is 0 Å². The van der Waals surface area contributed by atoms with Crippen LogP contribution in [0.2, 0.25) is 0 Å². The van der Waals surface area contributed by atoms with Crippen LogP contribution in [0.4, 0.5) is 0 Å². The maximum absolute atomic E-state index is 11.3. The van der Waals surface area contributed by atoms with Crippen molar-refractivity contribution < 1.29 is 4.79 Å². The number of fused-ring (bicyclic) bond motifs is 1. The van der Waals surface area contributed by atoms with Gasteiger partial charge in [0.15, 0.2) is 0 Å². The van der Waals surface area contributed by atoms with E-state index in [1.54, 1.807) is 18.5 Å². The normalized spacial score (nSPS) is 10.6. The first kappa shape index (κ1) is 10.4. The van der Waals surface area contributed by atoms with Crippen molar-refractivity contribution in [3.63, 3.8) is 0 Å². The monoisotopic (exact) mass is 215 g/mol. The van der Waals surface area contributed by atoms with Crippen LogP contribution in [-0.2, 0) is 7.05 Å². The van der Waals surface area contributed by atoms with Crippen LogP contribution in [-0.4, -0.2) is 15.5 Å². The van der Waals surface area contributed by atoms with E-state index >= 15 is 0 Å². The van der Waals surface area contributed by atoms with E-state index in [0.29, 0.717) is 5.56 Å². The number of aryl methyl sites for hydroxylation is 1. The predicted octanol–water partition coefficient (Wildman–Crippen LogP) is 1.71. The van der Waals surface area contributed by atoms with Crippen molar-refractivity contribution in [2.24, 2.45) is 12.8 Å². The number of rotatable bonds is 2. The van der Waals surface area contributed by atoms with E-state index in [9.17, 15) is 4.79 Å². The largest absolute Gasteiger partial charge is 0.366 e. The molecule has 0 aliphatic heterocycles. The summed E-state index contributed by atoms with van der Waals surface area (Å²) in [5, 5.41) is 0.822. The fourth-order valence-corrected chi connectivity index (χ4v) is 1.86. The molecule has 2 rings (SSSR count). The van der Waals surface area contributed by atoms with Gasteiger partial charge in [-0.3, -0.25) is 9.78 Å². The summed E-state index contributed by atoms with van der Waals surface area (Å²) in [4.78, 5) is 15.5. The van der Waals surface area contributed by atoms with Gasteiger partial charge in [0.25, 0.3) is 5.91 Å². The number of amides is 1. The average Bonchev–Trinajstić information content (AvgIpc) is 2.56. The van der Waals surface area contributed by atoms with Crippen LogP contribution in [0.1, 0.15) is 23.0 Å². The van der Waals surface area contributed by atoms with Crippen molar-refractivity contribution in [3.05, 3.63) is 36.3 Å². The number of hydrogen-bond donors (Lipinski definition) is 1. The highest BCUT2D eigenvalue weighted by atomic mass is 16.1. The van der Waals surface area contributed by atoms with Crippen LogP contribution in [0, 0.1) is 0 Å². The van der Waals surface area contributed by atoms with Crippen molar-refractivity contribution in [3.8, 4) is 0 Å². The van der Waals surface area contributed by atoms with Crippen molar-refractivity contribution in [1.82, 2.24) is 9.55 Å². The lowest BCUT2D eigenvalue weighted by atomic mass is 10.1. The van der Waals surface area contributed by atoms with Gasteiger partial charge in [-0.25, -0.2) is 0 Å². The molecule has 0 fully saturated rings. The number of carbonyl (C=O) groups is 1. The second kappa shape index (κ2) is 3.48. The van der Waals surface area contributed by atoms with Crippen molar-refractivity contribution in [2.75, 3.05) is 0 Å². The fraction of sp³-hybridized carbons (Fsp3) is 0.167. The van der Waals surface area contributed by atoms with Gasteiger partial charge >= 0.3 is 0 Å². The molecule has 82 valence electrons. The summed E-state index contributed by atoms with van der Waals surface area (Å²) in [5.74, 6) is -0.426. The minimum Gasteiger partial charge on any atom is -0.366 e. The van der Waals surface area contributed by atoms with E-state index in [0.717, 1.165) is 22.2 Å². The quantitative estimate of drug-likeness (QED) is 0.828. The summed E-state index contributed by atoms with van der Waals surface area (Å²) in [6.45, 7) is 5.77. The Kier molecular flexibility index (Phi) is 2.27. The van der Waals surface area contributed by atoms with Gasteiger partial charge in [0.2, 0.25) is 0 Å². The Labute approximate surface area is 93.4 Å². The minimum absolute atomic E-state index is 0.426. The molecule has 4 nitrogen and oxygen atoms in total. The molecule has 0 radical (unpaired) electrons. The van der Waals surface area contributed by atoms with Gasteiger partial charge < -0.3 is 10.3 Å². The molecule has 0 bridgehead atoms. The molecule has 16 heavy (non-hydrogen) atoms. The summed E-state index contributed by atoms with van der Waals surface area (Å²) in [6, 6.07) is 1.79. The fourth-order valence-electron chi connectivity index (χ4n) is 1.86. The Morgan fingerprint density at radius 2 is 2.25 bits per heavy atom. The average molecular weight is 215 g/mol. The van der Waals surface area contributed by atoms with Gasteiger partial charge in [0.05, 0.1) is 16.8 Å². The minimum atomic E-state index is -0.426. The standard InChI is InChI=1S/C12H13N3O/c1-7(2)10-11-8(4-5-14-10)9(12(13)16)6-15(11)3/h4-6H,1H2,2-3H3,(H2,13,16). The zero-order valence-electron chi connectivity index (χ0n) is 9.32. The van der Waals surface area contributed by atoms with E-state index in [4.69, 9.17) is 5.73 Å². The number of pyridine rings is 1. The van der Waals surface area contributed by atoms with Crippen LogP contribution in [0.25, 0.3) is 16.5 Å². The Balaban J connectivity index is 2.90. The second-order valence-corrected chi connectivity index (χ2v) is 3.85. The summed E-state index contributed by atoms with van der Waals surface area (Å²) in [5.41, 5.74) is 8.40. The molecule has 2 N–H and O–H groups in total. The Morgan fingerprint density at radius 3 is 2.81 bits per heavy atom. The molecule has 0 aromatic carbocycles. The molecular weight excluding hydrogens is 202 g/mol. The highest BCUT2D eigenvalue weighted by Gasteiger charge is 2.14. The molecule has 0 saturated heterocycles. The van der Waals surface area contributed by atoms with Crippen LogP contribution in [0.3, 0.4) is 0 Å². The van der Waals surface area contributed by atoms with E-state index in [1.807, 2.05) is 18.5 Å². The number of hydrogen-bond acceptors (Lipinski definition) is 2. The van der Waals surface area contributed by atoms with Gasteiger partial charge in [-0.2, -0.15) is 0 Å². The van der Waals surface area contributed by atoms with Crippen LogP contribution < -0.4 is 5.73 Å². The third kappa shape index (κ3) is 1.39. The highest BCUT2D eigenvalue weighted by Crippen LogP contribution is 2.25. The number of aromatic nitrogens is 2. The van der Waals surface area contributed by atoms with Crippen molar-refractivity contribution in [2.45, 2.75) is 6.92 Å². The van der Waals surface area contributed by atoms with Gasteiger partial charge in [-0.15, -0.1) is 0 Å². The van der Waals surface area contributed by atoms with Gasteiger partial charge in [0, 0.05) is 24.8 Å². The second-order valence-electron chi connectivity index (χ2n) is 3.85. The Morgan fingerprint density at radius 1 is 1.56 bits per heavy atom. The summed E-state index contributed by atoms with van der Waals surface area (Å²) < 4.78 is 1.85. The van der Waals surface area contributed by atoms with Gasteiger partial charge in [-0.1, -0.05) is 6.58 Å². The molecule has 0 unspecified atom stereocenters. The molecular formula is C12H13N3O. The SMILES string of the molecule is C=C(C)c1nccc2c(C(N)=O)cn(C)c12. The number of allylic oxidation sites excluding steroid dienone is 1. The predicted molar refractivity (Wildman–Crippen MR) is 63.9 cm³/mol. The smallest absolute Gasteiger partial charge is 0.250 e. The molecule has 0 atom stereocenters. The van der Waals surface area contributed by atoms with Gasteiger partial charge in [0.1, 0.15) is 0 Å². The maximum atomic E-state index is 11.3. The zero-order chi connectivity index (χ0) is 11.9. The lowest BCUT2D eigenvalue weighted by molar-refractivity contribution is 0.100. The third-order valence-electron chi connectivity index (χ3n) is 2.56. The number of carbonyl (C=O) groups excluding carboxylic acids is 1. The number of nitrogens with two attached hydrogens (primary N) is 1. The van der Waals surface area contributed by atoms with Crippen molar-refractivity contribution >= 4 is 22.4 Å². The zero-order valence-corrected chi connectivity index (χ0v) is 9.32. The number of nitrogens with zero attached hydrogens (tertiary/aromatic N) is 2. The summed E-state index contributed by atoms with van der Waals surface area (Å²) >= 11 is 0. The third-order valence-corrected chi connectivity index (χ3v) is 2.56. The molecule has 4 heteroatoms. The summed E-state index contributed by atoms with van der Waals surface area (Å²) in [6.07, 6.45) is 3.39. The summed E-state index contributed by atoms with van der Waals surface area (Å²) in [7, 11) is 1.86. The van der Waals surface area contributed by atoms with E-state index in [2.05, 4.69) is 11.6 Å². The molecule has 0 aliphatic rings. The lowest BCUT2D eigenvalue weighted by Crippen LogP contribution is -2.10. The van der Waals surface area contributed by atoms with E-state index in [-0.39, 0.29) is 0 Å². The molecule has 2 heterocycles. The molecule has 1 amide bonds.